The smallest absolute Gasteiger partial charge is 0.234 e. The third kappa shape index (κ3) is 1.86. The first-order chi connectivity index (χ1) is 12.6. The van der Waals surface area contributed by atoms with Crippen LogP contribution in [0.5, 0.6) is 11.5 Å². The Morgan fingerprint density at radius 2 is 2.08 bits per heavy atom. The number of benzene rings is 1. The molecule has 0 radical (unpaired) electrons. The van der Waals surface area contributed by atoms with Crippen LogP contribution in [0.1, 0.15) is 12.8 Å². The summed E-state index contributed by atoms with van der Waals surface area (Å²) in [5, 5.41) is 3.04. The Kier molecular flexibility index (Phi) is 2.69. The summed E-state index contributed by atoms with van der Waals surface area (Å²) in [6, 6.07) is 5.73. The molecular formula is C19H18N2O5. The van der Waals surface area contributed by atoms with Gasteiger partial charge in [0.05, 0.1) is 24.5 Å². The average Bonchev–Trinajstić information content (AvgIpc) is 3.02. The van der Waals surface area contributed by atoms with Crippen LogP contribution in [0.25, 0.3) is 0 Å². The van der Waals surface area contributed by atoms with Crippen LogP contribution >= 0.6 is 0 Å². The quantitative estimate of drug-likeness (QED) is 0.819. The Balaban J connectivity index is 1.33. The lowest BCUT2D eigenvalue weighted by Crippen LogP contribution is -2.44. The molecule has 26 heavy (non-hydrogen) atoms. The molecule has 1 N–H and O–H groups in total. The third-order valence-corrected chi connectivity index (χ3v) is 5.99. The maximum absolute atomic E-state index is 13.2. The molecule has 0 unspecified atom stereocenters. The second-order valence-corrected chi connectivity index (χ2v) is 7.64. The van der Waals surface area contributed by atoms with Crippen molar-refractivity contribution in [3.63, 3.8) is 0 Å². The number of carbonyl (C=O) groups is 2. The number of ether oxygens (including phenoxy) is 3. The number of hydrogen-bond donors (Lipinski definition) is 1. The van der Waals surface area contributed by atoms with Gasteiger partial charge in [-0.15, -0.1) is 0 Å². The Hall–Kier alpha value is -2.54. The summed E-state index contributed by atoms with van der Waals surface area (Å²) < 4.78 is 16.9. The third-order valence-electron chi connectivity index (χ3n) is 5.99. The lowest BCUT2D eigenvalue weighted by molar-refractivity contribution is -0.132. The predicted molar refractivity (Wildman–Crippen MR) is 89.8 cm³/mol. The molecule has 0 aromatic heterocycles. The van der Waals surface area contributed by atoms with Crippen LogP contribution in [0.15, 0.2) is 30.4 Å². The van der Waals surface area contributed by atoms with Crippen molar-refractivity contribution in [1.29, 1.82) is 0 Å². The highest BCUT2D eigenvalue weighted by Gasteiger charge is 2.67. The minimum atomic E-state index is -0.705. The molecule has 4 aliphatic heterocycles. The van der Waals surface area contributed by atoms with Gasteiger partial charge in [-0.3, -0.25) is 9.59 Å². The molecule has 3 fully saturated rings. The molecule has 2 amide bonds. The van der Waals surface area contributed by atoms with Gasteiger partial charge in [-0.1, -0.05) is 12.2 Å². The lowest BCUT2D eigenvalue weighted by atomic mass is 9.77. The van der Waals surface area contributed by atoms with Crippen molar-refractivity contribution in [2.45, 2.75) is 30.6 Å². The number of amides is 2. The maximum atomic E-state index is 13.2. The van der Waals surface area contributed by atoms with Crippen molar-refractivity contribution < 1.29 is 23.8 Å². The molecule has 4 atom stereocenters. The zero-order valence-corrected chi connectivity index (χ0v) is 14.0. The number of fused-ring (bicyclic) bond motifs is 2. The molecular weight excluding hydrogens is 336 g/mol. The molecule has 134 valence electrons. The van der Waals surface area contributed by atoms with E-state index in [0.717, 1.165) is 18.5 Å². The van der Waals surface area contributed by atoms with Crippen LogP contribution in [0.3, 0.4) is 0 Å². The fourth-order valence-electron chi connectivity index (χ4n) is 4.59. The number of rotatable bonds is 3. The van der Waals surface area contributed by atoms with Crippen LogP contribution in [-0.4, -0.2) is 42.9 Å². The second-order valence-electron chi connectivity index (χ2n) is 7.64. The molecule has 2 saturated heterocycles. The highest BCUT2D eigenvalue weighted by atomic mass is 16.7. The van der Waals surface area contributed by atoms with Crippen molar-refractivity contribution in [1.82, 2.24) is 5.32 Å². The Labute approximate surface area is 149 Å². The normalized spacial score (nSPS) is 35.9. The molecule has 1 saturated carbocycles. The predicted octanol–water partition coefficient (Wildman–Crippen LogP) is 0.980. The van der Waals surface area contributed by atoms with Crippen LogP contribution in [0, 0.1) is 11.8 Å². The summed E-state index contributed by atoms with van der Waals surface area (Å²) in [5.41, 5.74) is 0.0359. The van der Waals surface area contributed by atoms with Crippen LogP contribution < -0.4 is 19.7 Å². The van der Waals surface area contributed by atoms with E-state index >= 15 is 0 Å². The minimum absolute atomic E-state index is 0.0605. The van der Waals surface area contributed by atoms with Crippen LogP contribution in [0.2, 0.25) is 0 Å². The van der Waals surface area contributed by atoms with Gasteiger partial charge in [-0.05, 0) is 25.0 Å². The monoisotopic (exact) mass is 354 g/mol. The highest BCUT2D eigenvalue weighted by molar-refractivity contribution is 6.03. The Morgan fingerprint density at radius 1 is 1.23 bits per heavy atom. The first kappa shape index (κ1) is 14.6. The Morgan fingerprint density at radius 3 is 2.92 bits per heavy atom. The van der Waals surface area contributed by atoms with Gasteiger partial charge in [0, 0.05) is 17.8 Å². The van der Waals surface area contributed by atoms with E-state index < -0.39 is 17.4 Å². The molecule has 2 bridgehead atoms. The number of hydrogen-bond acceptors (Lipinski definition) is 5. The number of nitrogens with zero attached hydrogens (tertiary/aromatic N) is 1. The molecule has 5 aliphatic rings. The van der Waals surface area contributed by atoms with Gasteiger partial charge in [-0.2, -0.15) is 0 Å². The SMILES string of the molecule is O=C(NC1CC1)[C@H]1[C@H]2C(=O)N(c3ccc4c(c3)OCO4)C[C@@]23C=C[C@H]1O3. The van der Waals surface area contributed by atoms with E-state index in [0.29, 0.717) is 18.0 Å². The largest absolute Gasteiger partial charge is 0.454 e. The first-order valence-corrected chi connectivity index (χ1v) is 9.03. The van der Waals surface area contributed by atoms with E-state index in [-0.39, 0.29) is 30.8 Å². The van der Waals surface area contributed by atoms with Gasteiger partial charge in [0.15, 0.2) is 11.5 Å². The summed E-state index contributed by atoms with van der Waals surface area (Å²) >= 11 is 0. The van der Waals surface area contributed by atoms with Crippen molar-refractivity contribution in [3.05, 3.63) is 30.4 Å². The number of carbonyl (C=O) groups excluding carboxylic acids is 2. The summed E-state index contributed by atoms with van der Waals surface area (Å²) in [7, 11) is 0. The summed E-state index contributed by atoms with van der Waals surface area (Å²) in [5.74, 6) is 0.265. The van der Waals surface area contributed by atoms with Crippen molar-refractivity contribution in [2.75, 3.05) is 18.2 Å². The van der Waals surface area contributed by atoms with Gasteiger partial charge in [0.25, 0.3) is 0 Å². The number of anilines is 1. The molecule has 7 heteroatoms. The zero-order chi connectivity index (χ0) is 17.5. The van der Waals surface area contributed by atoms with E-state index in [9.17, 15) is 9.59 Å². The standard InChI is InChI=1S/C19H18N2O5/c22-17(20-10-1-2-10)15-13-5-6-19(26-13)8-21(18(23)16(15)19)11-3-4-12-14(7-11)25-9-24-12/h3-7,10,13,15-16H,1-2,8-9H2,(H,20,22)/t13-,15-,16+,19+/m1/s1. The molecule has 1 aromatic rings. The van der Waals surface area contributed by atoms with Crippen molar-refractivity contribution in [3.8, 4) is 11.5 Å². The van der Waals surface area contributed by atoms with Gasteiger partial charge in [0.1, 0.15) is 5.60 Å². The van der Waals surface area contributed by atoms with E-state index in [1.807, 2.05) is 30.4 Å². The second kappa shape index (κ2) is 4.79. The van der Waals surface area contributed by atoms with Crippen molar-refractivity contribution >= 4 is 17.5 Å². The van der Waals surface area contributed by atoms with E-state index in [1.165, 1.54) is 0 Å². The topological polar surface area (TPSA) is 77.1 Å². The molecule has 7 nitrogen and oxygen atoms in total. The van der Waals surface area contributed by atoms with E-state index in [2.05, 4.69) is 5.32 Å². The summed E-state index contributed by atoms with van der Waals surface area (Å²) in [4.78, 5) is 27.7. The van der Waals surface area contributed by atoms with Gasteiger partial charge in [0.2, 0.25) is 18.6 Å². The van der Waals surface area contributed by atoms with Crippen LogP contribution in [0.4, 0.5) is 5.69 Å². The maximum Gasteiger partial charge on any atom is 0.234 e. The van der Waals surface area contributed by atoms with E-state index in [4.69, 9.17) is 14.2 Å². The minimum Gasteiger partial charge on any atom is -0.454 e. The van der Waals surface area contributed by atoms with Gasteiger partial charge < -0.3 is 24.4 Å². The Bertz CT molecular complexity index is 863. The molecule has 1 aliphatic carbocycles. The molecule has 4 heterocycles. The van der Waals surface area contributed by atoms with Crippen LogP contribution in [-0.2, 0) is 14.3 Å². The molecule has 1 aromatic carbocycles. The van der Waals surface area contributed by atoms with Crippen molar-refractivity contribution in [2.24, 2.45) is 11.8 Å². The fourth-order valence-corrected chi connectivity index (χ4v) is 4.59. The van der Waals surface area contributed by atoms with E-state index in [1.54, 1.807) is 4.90 Å². The molecule has 1 spiro atoms. The summed E-state index contributed by atoms with van der Waals surface area (Å²) in [6.45, 7) is 0.604. The number of nitrogens with one attached hydrogen (secondary N) is 1. The highest BCUT2D eigenvalue weighted by Crippen LogP contribution is 2.53. The fraction of sp³-hybridized carbons (Fsp3) is 0.474. The van der Waals surface area contributed by atoms with Gasteiger partial charge in [-0.25, -0.2) is 0 Å². The molecule has 6 rings (SSSR count). The first-order valence-electron chi connectivity index (χ1n) is 9.03. The zero-order valence-electron chi connectivity index (χ0n) is 14.0. The summed E-state index contributed by atoms with van der Waals surface area (Å²) in [6.07, 6.45) is 5.64. The van der Waals surface area contributed by atoms with Gasteiger partial charge >= 0.3 is 0 Å². The average molecular weight is 354 g/mol. The lowest BCUT2D eigenvalue weighted by Gasteiger charge is -2.23.